The Morgan fingerprint density at radius 2 is 2.20 bits per heavy atom. The van der Waals surface area contributed by atoms with Crippen molar-refractivity contribution in [2.24, 2.45) is 0 Å². The second-order valence-corrected chi connectivity index (χ2v) is 3.44. The van der Waals surface area contributed by atoms with Gasteiger partial charge in [-0.3, -0.25) is 4.98 Å². The van der Waals surface area contributed by atoms with Gasteiger partial charge in [-0.15, -0.1) is 0 Å². The standard InChI is InChI=1S/C12H14N2O/c1-9-5-3-7-14-11(9)12(13-2)10-6-4-8-15-10/h3-8,12-13H,1-2H3. The third-order valence-electron chi connectivity index (χ3n) is 2.44. The van der Waals surface area contributed by atoms with Gasteiger partial charge >= 0.3 is 0 Å². The molecular formula is C12H14N2O. The van der Waals surface area contributed by atoms with E-state index in [0.29, 0.717) is 0 Å². The Morgan fingerprint density at radius 1 is 1.33 bits per heavy atom. The van der Waals surface area contributed by atoms with Gasteiger partial charge in [0.15, 0.2) is 0 Å². The van der Waals surface area contributed by atoms with Crippen LogP contribution in [0.3, 0.4) is 0 Å². The van der Waals surface area contributed by atoms with Gasteiger partial charge in [0, 0.05) is 6.20 Å². The number of rotatable bonds is 3. The molecule has 78 valence electrons. The summed E-state index contributed by atoms with van der Waals surface area (Å²) in [7, 11) is 1.90. The number of hydrogen-bond acceptors (Lipinski definition) is 3. The third-order valence-corrected chi connectivity index (χ3v) is 2.44. The lowest BCUT2D eigenvalue weighted by Gasteiger charge is -2.14. The van der Waals surface area contributed by atoms with Gasteiger partial charge in [0.05, 0.1) is 12.0 Å². The van der Waals surface area contributed by atoms with Crippen LogP contribution in [0.4, 0.5) is 0 Å². The summed E-state index contributed by atoms with van der Waals surface area (Å²) in [5.74, 6) is 0.888. The Balaban J connectivity index is 2.40. The van der Waals surface area contributed by atoms with E-state index >= 15 is 0 Å². The van der Waals surface area contributed by atoms with Gasteiger partial charge in [-0.05, 0) is 37.7 Å². The van der Waals surface area contributed by atoms with Crippen LogP contribution in [-0.4, -0.2) is 12.0 Å². The van der Waals surface area contributed by atoms with E-state index in [2.05, 4.69) is 23.3 Å². The summed E-state index contributed by atoms with van der Waals surface area (Å²) < 4.78 is 5.39. The molecule has 1 unspecified atom stereocenters. The van der Waals surface area contributed by atoms with Crippen molar-refractivity contribution < 1.29 is 4.42 Å². The number of aromatic nitrogens is 1. The Hall–Kier alpha value is -1.61. The zero-order chi connectivity index (χ0) is 10.7. The molecule has 0 bridgehead atoms. The van der Waals surface area contributed by atoms with E-state index in [9.17, 15) is 0 Å². The van der Waals surface area contributed by atoms with E-state index in [-0.39, 0.29) is 6.04 Å². The summed E-state index contributed by atoms with van der Waals surface area (Å²) in [6, 6.07) is 7.86. The van der Waals surface area contributed by atoms with Crippen LogP contribution in [0.5, 0.6) is 0 Å². The second-order valence-electron chi connectivity index (χ2n) is 3.44. The largest absolute Gasteiger partial charge is 0.467 e. The van der Waals surface area contributed by atoms with E-state index in [1.807, 2.05) is 25.2 Å². The quantitative estimate of drug-likeness (QED) is 0.829. The van der Waals surface area contributed by atoms with Crippen molar-refractivity contribution in [1.29, 1.82) is 0 Å². The Kier molecular flexibility index (Phi) is 2.83. The first-order valence-electron chi connectivity index (χ1n) is 4.95. The lowest BCUT2D eigenvalue weighted by atomic mass is 10.1. The van der Waals surface area contributed by atoms with Gasteiger partial charge in [-0.1, -0.05) is 6.07 Å². The number of hydrogen-bond donors (Lipinski definition) is 1. The van der Waals surface area contributed by atoms with Crippen molar-refractivity contribution in [2.75, 3.05) is 7.05 Å². The van der Waals surface area contributed by atoms with Crippen LogP contribution in [0, 0.1) is 6.92 Å². The molecule has 1 N–H and O–H groups in total. The molecule has 2 heterocycles. The predicted molar refractivity (Wildman–Crippen MR) is 58.6 cm³/mol. The number of aryl methyl sites for hydroxylation is 1. The highest BCUT2D eigenvalue weighted by Crippen LogP contribution is 2.22. The minimum Gasteiger partial charge on any atom is -0.467 e. The average molecular weight is 202 g/mol. The highest BCUT2D eigenvalue weighted by Gasteiger charge is 2.17. The van der Waals surface area contributed by atoms with Crippen molar-refractivity contribution in [2.45, 2.75) is 13.0 Å². The van der Waals surface area contributed by atoms with Crippen LogP contribution in [0.15, 0.2) is 41.1 Å². The number of furan rings is 1. The fourth-order valence-corrected chi connectivity index (χ4v) is 1.67. The zero-order valence-corrected chi connectivity index (χ0v) is 8.90. The van der Waals surface area contributed by atoms with Gasteiger partial charge in [-0.2, -0.15) is 0 Å². The molecule has 0 fully saturated rings. The van der Waals surface area contributed by atoms with E-state index in [0.717, 1.165) is 17.0 Å². The predicted octanol–water partition coefficient (Wildman–Crippen LogP) is 2.29. The molecule has 0 amide bonds. The maximum Gasteiger partial charge on any atom is 0.126 e. The summed E-state index contributed by atoms with van der Waals surface area (Å²) in [4.78, 5) is 4.38. The van der Waals surface area contributed by atoms with Crippen molar-refractivity contribution in [3.63, 3.8) is 0 Å². The van der Waals surface area contributed by atoms with Gasteiger partial charge in [0.1, 0.15) is 11.8 Å². The third kappa shape index (κ3) is 1.92. The van der Waals surface area contributed by atoms with Crippen molar-refractivity contribution in [3.8, 4) is 0 Å². The first-order valence-corrected chi connectivity index (χ1v) is 4.95. The van der Waals surface area contributed by atoms with E-state index in [4.69, 9.17) is 4.42 Å². The fourth-order valence-electron chi connectivity index (χ4n) is 1.67. The second kappa shape index (κ2) is 4.28. The minimum absolute atomic E-state index is 0.0289. The van der Waals surface area contributed by atoms with Crippen LogP contribution >= 0.6 is 0 Å². The number of nitrogens with one attached hydrogen (secondary N) is 1. The zero-order valence-electron chi connectivity index (χ0n) is 8.90. The molecule has 2 aromatic rings. The molecule has 0 aromatic carbocycles. The molecule has 2 rings (SSSR count). The monoisotopic (exact) mass is 202 g/mol. The highest BCUT2D eigenvalue weighted by atomic mass is 16.3. The normalized spacial score (nSPS) is 12.7. The first-order chi connectivity index (χ1) is 7.33. The van der Waals surface area contributed by atoms with E-state index in [1.54, 1.807) is 12.5 Å². The summed E-state index contributed by atoms with van der Waals surface area (Å²) in [6.45, 7) is 2.05. The molecule has 0 aliphatic carbocycles. The van der Waals surface area contributed by atoms with Crippen LogP contribution in [0.1, 0.15) is 23.1 Å². The van der Waals surface area contributed by atoms with E-state index in [1.165, 1.54) is 0 Å². The molecule has 0 saturated heterocycles. The summed E-state index contributed by atoms with van der Waals surface area (Å²) >= 11 is 0. The van der Waals surface area contributed by atoms with Crippen molar-refractivity contribution >= 4 is 0 Å². The molecule has 0 spiro atoms. The maximum atomic E-state index is 5.39. The summed E-state index contributed by atoms with van der Waals surface area (Å²) in [5.41, 5.74) is 2.17. The topological polar surface area (TPSA) is 38.1 Å². The molecular weight excluding hydrogens is 188 g/mol. The molecule has 3 nitrogen and oxygen atoms in total. The summed E-state index contributed by atoms with van der Waals surface area (Å²) in [5, 5.41) is 3.21. The van der Waals surface area contributed by atoms with Crippen molar-refractivity contribution in [1.82, 2.24) is 10.3 Å². The number of pyridine rings is 1. The maximum absolute atomic E-state index is 5.39. The number of nitrogens with zero attached hydrogens (tertiary/aromatic N) is 1. The summed E-state index contributed by atoms with van der Waals surface area (Å²) in [6.07, 6.45) is 3.48. The van der Waals surface area contributed by atoms with Gasteiger partial charge in [-0.25, -0.2) is 0 Å². The Morgan fingerprint density at radius 3 is 2.80 bits per heavy atom. The lowest BCUT2D eigenvalue weighted by Crippen LogP contribution is -2.19. The lowest BCUT2D eigenvalue weighted by molar-refractivity contribution is 0.458. The smallest absolute Gasteiger partial charge is 0.126 e. The molecule has 0 aliphatic heterocycles. The Labute approximate surface area is 89.1 Å². The highest BCUT2D eigenvalue weighted by molar-refractivity contribution is 5.27. The van der Waals surface area contributed by atoms with Crippen LogP contribution in [0.25, 0.3) is 0 Å². The first kappa shape index (κ1) is 9.93. The molecule has 0 aliphatic rings. The molecule has 0 radical (unpaired) electrons. The van der Waals surface area contributed by atoms with Gasteiger partial charge in [0.25, 0.3) is 0 Å². The van der Waals surface area contributed by atoms with Gasteiger partial charge < -0.3 is 9.73 Å². The molecule has 3 heteroatoms. The van der Waals surface area contributed by atoms with Crippen molar-refractivity contribution in [3.05, 3.63) is 53.7 Å². The Bertz CT molecular complexity index is 423. The SMILES string of the molecule is CNC(c1ccco1)c1ncccc1C. The molecule has 2 aromatic heterocycles. The molecule has 15 heavy (non-hydrogen) atoms. The minimum atomic E-state index is 0.0289. The molecule has 1 atom stereocenters. The molecule has 0 saturated carbocycles. The average Bonchev–Trinajstić information content (AvgIpc) is 2.75. The van der Waals surface area contributed by atoms with Crippen LogP contribution in [-0.2, 0) is 0 Å². The van der Waals surface area contributed by atoms with Crippen LogP contribution < -0.4 is 5.32 Å². The van der Waals surface area contributed by atoms with Gasteiger partial charge in [0.2, 0.25) is 0 Å². The van der Waals surface area contributed by atoms with Crippen LogP contribution in [0.2, 0.25) is 0 Å². The van der Waals surface area contributed by atoms with E-state index < -0.39 is 0 Å². The fraction of sp³-hybridized carbons (Fsp3) is 0.250.